The summed E-state index contributed by atoms with van der Waals surface area (Å²) in [7, 11) is 1.89. The number of nitrogens with zero attached hydrogens (tertiary/aromatic N) is 3. The lowest BCUT2D eigenvalue weighted by Crippen LogP contribution is -2.33. The molecule has 4 nitrogen and oxygen atoms in total. The Morgan fingerprint density at radius 3 is 2.94 bits per heavy atom. The first kappa shape index (κ1) is 12.8. The molecule has 0 radical (unpaired) electrons. The van der Waals surface area contributed by atoms with Crippen molar-refractivity contribution < 1.29 is 0 Å². The number of aryl methyl sites for hydroxylation is 1. The van der Waals surface area contributed by atoms with Crippen LogP contribution in [0.25, 0.3) is 0 Å². The van der Waals surface area contributed by atoms with Crippen molar-refractivity contribution in [3.05, 3.63) is 18.0 Å². The Bertz CT molecular complexity index is 350. The Morgan fingerprint density at radius 2 is 2.44 bits per heavy atom. The zero-order valence-corrected chi connectivity index (χ0v) is 10.1. The van der Waals surface area contributed by atoms with Gasteiger partial charge < -0.3 is 5.73 Å². The highest BCUT2D eigenvalue weighted by Crippen LogP contribution is 2.10. The summed E-state index contributed by atoms with van der Waals surface area (Å²) in [6.07, 6.45) is 10.2. The molecule has 0 aliphatic rings. The molecule has 0 aliphatic carbocycles. The molecule has 1 heterocycles. The number of aromatic nitrogens is 2. The molecule has 88 valence electrons. The normalized spacial score (nSPS) is 12.7. The highest BCUT2D eigenvalue weighted by atomic mass is 15.2. The Kier molecular flexibility index (Phi) is 5.03. The number of nitrogens with two attached hydrogens (primary N) is 1. The van der Waals surface area contributed by atoms with Crippen molar-refractivity contribution in [1.82, 2.24) is 14.7 Å². The van der Waals surface area contributed by atoms with Crippen LogP contribution in [0.3, 0.4) is 0 Å². The Hall–Kier alpha value is -1.31. The van der Waals surface area contributed by atoms with Gasteiger partial charge in [-0.3, -0.25) is 9.58 Å². The van der Waals surface area contributed by atoms with E-state index in [4.69, 9.17) is 12.2 Å². The summed E-state index contributed by atoms with van der Waals surface area (Å²) >= 11 is 0. The molecule has 1 aromatic rings. The van der Waals surface area contributed by atoms with Crippen molar-refractivity contribution in [3.8, 4) is 12.3 Å². The van der Waals surface area contributed by atoms with E-state index in [1.54, 1.807) is 4.68 Å². The monoisotopic (exact) mass is 220 g/mol. The molecule has 0 spiro atoms. The molecule has 0 aliphatic heterocycles. The van der Waals surface area contributed by atoms with Crippen molar-refractivity contribution in [2.45, 2.75) is 19.4 Å². The Morgan fingerprint density at radius 1 is 1.69 bits per heavy atom. The first-order valence-electron chi connectivity index (χ1n) is 5.57. The summed E-state index contributed by atoms with van der Waals surface area (Å²) in [5.74, 6) is 2.66. The molecule has 1 atom stereocenters. The lowest BCUT2D eigenvalue weighted by Gasteiger charge is -2.22. The first-order valence-corrected chi connectivity index (χ1v) is 5.57. The van der Waals surface area contributed by atoms with Crippen LogP contribution in [0.15, 0.2) is 12.4 Å². The summed E-state index contributed by atoms with van der Waals surface area (Å²) in [6, 6.07) is -0.0198. The number of rotatable bonds is 6. The van der Waals surface area contributed by atoms with E-state index in [9.17, 15) is 0 Å². The van der Waals surface area contributed by atoms with Crippen LogP contribution in [-0.4, -0.2) is 34.3 Å². The first-order chi connectivity index (χ1) is 7.67. The van der Waals surface area contributed by atoms with E-state index in [0.29, 0.717) is 6.54 Å². The molecular formula is C12H20N4. The molecule has 16 heavy (non-hydrogen) atoms. The van der Waals surface area contributed by atoms with Gasteiger partial charge in [-0.1, -0.05) is 12.8 Å². The molecule has 1 unspecified atom stereocenters. The number of terminal acetylenes is 1. The van der Waals surface area contributed by atoms with Gasteiger partial charge in [0.25, 0.3) is 0 Å². The Balaban J connectivity index is 2.54. The maximum atomic E-state index is 6.11. The second-order valence-electron chi connectivity index (χ2n) is 3.99. The SMILES string of the molecule is C#CCN(CCC)CC(N)c1cnn(C)c1. The van der Waals surface area contributed by atoms with Crippen molar-refractivity contribution in [2.24, 2.45) is 12.8 Å². The fourth-order valence-corrected chi connectivity index (χ4v) is 1.70. The van der Waals surface area contributed by atoms with Gasteiger partial charge in [0.2, 0.25) is 0 Å². The van der Waals surface area contributed by atoms with E-state index in [2.05, 4.69) is 22.8 Å². The number of hydrogen-bond acceptors (Lipinski definition) is 3. The van der Waals surface area contributed by atoms with Crippen molar-refractivity contribution in [1.29, 1.82) is 0 Å². The summed E-state index contributed by atoms with van der Waals surface area (Å²) in [6.45, 7) is 4.56. The second-order valence-corrected chi connectivity index (χ2v) is 3.99. The fourth-order valence-electron chi connectivity index (χ4n) is 1.70. The minimum Gasteiger partial charge on any atom is -0.323 e. The standard InChI is InChI=1S/C12H20N4/c1-4-6-16(7-5-2)10-12(13)11-8-14-15(3)9-11/h1,8-9,12H,5-7,10,13H2,2-3H3. The Labute approximate surface area is 97.4 Å². The van der Waals surface area contributed by atoms with E-state index >= 15 is 0 Å². The minimum atomic E-state index is -0.0198. The molecule has 0 fully saturated rings. The summed E-state index contributed by atoms with van der Waals surface area (Å²) in [4.78, 5) is 2.19. The minimum absolute atomic E-state index is 0.0198. The van der Waals surface area contributed by atoms with Crippen LogP contribution in [0.4, 0.5) is 0 Å². The zero-order valence-electron chi connectivity index (χ0n) is 10.1. The number of hydrogen-bond donors (Lipinski definition) is 1. The predicted molar refractivity (Wildman–Crippen MR) is 65.7 cm³/mol. The second kappa shape index (κ2) is 6.31. The van der Waals surface area contributed by atoms with E-state index in [1.165, 1.54) is 0 Å². The van der Waals surface area contributed by atoms with Crippen molar-refractivity contribution >= 4 is 0 Å². The quantitative estimate of drug-likeness (QED) is 0.720. The van der Waals surface area contributed by atoms with Crippen LogP contribution >= 0.6 is 0 Å². The van der Waals surface area contributed by atoms with Gasteiger partial charge in [0.1, 0.15) is 0 Å². The summed E-state index contributed by atoms with van der Waals surface area (Å²) in [5, 5.41) is 4.11. The molecule has 1 rings (SSSR count). The van der Waals surface area contributed by atoms with Gasteiger partial charge in [0, 0.05) is 31.4 Å². The third-order valence-corrected chi connectivity index (χ3v) is 2.46. The molecule has 0 bridgehead atoms. The average Bonchev–Trinajstić information content (AvgIpc) is 2.65. The van der Waals surface area contributed by atoms with Crippen LogP contribution in [0.1, 0.15) is 24.9 Å². The zero-order chi connectivity index (χ0) is 12.0. The maximum absolute atomic E-state index is 6.11. The van der Waals surface area contributed by atoms with Crippen molar-refractivity contribution in [2.75, 3.05) is 19.6 Å². The molecule has 0 aromatic carbocycles. The average molecular weight is 220 g/mol. The van der Waals surface area contributed by atoms with E-state index in [0.717, 1.165) is 25.1 Å². The van der Waals surface area contributed by atoms with E-state index in [-0.39, 0.29) is 6.04 Å². The van der Waals surface area contributed by atoms with E-state index in [1.807, 2.05) is 19.4 Å². The summed E-state index contributed by atoms with van der Waals surface area (Å²) < 4.78 is 1.76. The lowest BCUT2D eigenvalue weighted by atomic mass is 10.1. The highest BCUT2D eigenvalue weighted by Gasteiger charge is 2.12. The largest absolute Gasteiger partial charge is 0.323 e. The van der Waals surface area contributed by atoms with Gasteiger partial charge in [0.05, 0.1) is 12.7 Å². The van der Waals surface area contributed by atoms with Crippen LogP contribution in [0.2, 0.25) is 0 Å². The lowest BCUT2D eigenvalue weighted by molar-refractivity contribution is 0.288. The van der Waals surface area contributed by atoms with Crippen LogP contribution in [0, 0.1) is 12.3 Å². The maximum Gasteiger partial charge on any atom is 0.0599 e. The fraction of sp³-hybridized carbons (Fsp3) is 0.583. The molecule has 0 saturated carbocycles. The van der Waals surface area contributed by atoms with Gasteiger partial charge in [0.15, 0.2) is 0 Å². The van der Waals surface area contributed by atoms with Gasteiger partial charge >= 0.3 is 0 Å². The topological polar surface area (TPSA) is 47.1 Å². The third-order valence-electron chi connectivity index (χ3n) is 2.46. The smallest absolute Gasteiger partial charge is 0.0599 e. The molecule has 0 saturated heterocycles. The van der Waals surface area contributed by atoms with Gasteiger partial charge in [-0.15, -0.1) is 6.42 Å². The molecule has 0 amide bonds. The van der Waals surface area contributed by atoms with Gasteiger partial charge in [-0.2, -0.15) is 5.10 Å². The third kappa shape index (κ3) is 3.69. The van der Waals surface area contributed by atoms with Gasteiger partial charge in [-0.25, -0.2) is 0 Å². The van der Waals surface area contributed by atoms with Crippen molar-refractivity contribution in [3.63, 3.8) is 0 Å². The summed E-state index contributed by atoms with van der Waals surface area (Å²) in [5.41, 5.74) is 7.16. The molecule has 4 heteroatoms. The molecule has 1 aromatic heterocycles. The molecular weight excluding hydrogens is 200 g/mol. The predicted octanol–water partition coefficient (Wildman–Crippen LogP) is 0.765. The van der Waals surface area contributed by atoms with Crippen LogP contribution in [0.5, 0.6) is 0 Å². The highest BCUT2D eigenvalue weighted by molar-refractivity contribution is 5.10. The van der Waals surface area contributed by atoms with Crippen LogP contribution in [-0.2, 0) is 7.05 Å². The molecule has 2 N–H and O–H groups in total. The van der Waals surface area contributed by atoms with E-state index < -0.39 is 0 Å². The van der Waals surface area contributed by atoms with Gasteiger partial charge in [-0.05, 0) is 13.0 Å². The van der Waals surface area contributed by atoms with Crippen LogP contribution < -0.4 is 5.73 Å².